The molecule has 1 saturated heterocycles. The van der Waals surface area contributed by atoms with Crippen molar-refractivity contribution < 1.29 is 29.6 Å². The van der Waals surface area contributed by atoms with E-state index in [2.05, 4.69) is 5.32 Å². The lowest BCUT2D eigenvalue weighted by Gasteiger charge is -2.42. The molecule has 1 aromatic rings. The Morgan fingerprint density at radius 2 is 1.91 bits per heavy atom. The number of carbonyl (C=O) groups is 1. The first-order valence-electron chi connectivity index (χ1n) is 7.05. The number of aryl methyl sites for hydroxylation is 1. The van der Waals surface area contributed by atoms with E-state index in [0.717, 1.165) is 5.56 Å². The van der Waals surface area contributed by atoms with Gasteiger partial charge in [-0.1, -0.05) is 17.7 Å². The second kappa shape index (κ2) is 7.06. The minimum atomic E-state index is -1.32. The van der Waals surface area contributed by atoms with Gasteiger partial charge in [0.1, 0.15) is 30.1 Å². The van der Waals surface area contributed by atoms with Crippen molar-refractivity contribution in [3.8, 4) is 5.75 Å². The summed E-state index contributed by atoms with van der Waals surface area (Å²) < 4.78 is 11.1. The maximum Gasteiger partial charge on any atom is 0.223 e. The Bertz CT molecular complexity index is 505. The van der Waals surface area contributed by atoms with Crippen LogP contribution in [0.15, 0.2) is 24.3 Å². The predicted octanol–water partition coefficient (Wildman–Crippen LogP) is -0.682. The van der Waals surface area contributed by atoms with Gasteiger partial charge in [-0.3, -0.25) is 4.79 Å². The van der Waals surface area contributed by atoms with E-state index in [0.29, 0.717) is 5.75 Å². The molecule has 4 N–H and O–H groups in total. The van der Waals surface area contributed by atoms with Gasteiger partial charge in [0.15, 0.2) is 0 Å². The minimum absolute atomic E-state index is 0.389. The molecule has 1 amide bonds. The average molecular weight is 311 g/mol. The fourth-order valence-electron chi connectivity index (χ4n) is 2.32. The maximum absolute atomic E-state index is 11.3. The molecule has 0 radical (unpaired) electrons. The molecular weight excluding hydrogens is 290 g/mol. The van der Waals surface area contributed by atoms with Gasteiger partial charge in [-0.25, -0.2) is 0 Å². The van der Waals surface area contributed by atoms with Crippen LogP contribution in [-0.2, 0) is 9.53 Å². The van der Waals surface area contributed by atoms with Gasteiger partial charge in [0.25, 0.3) is 0 Å². The Morgan fingerprint density at radius 1 is 1.27 bits per heavy atom. The van der Waals surface area contributed by atoms with Crippen molar-refractivity contribution in [2.75, 3.05) is 6.61 Å². The van der Waals surface area contributed by atoms with Crippen molar-refractivity contribution in [2.24, 2.45) is 0 Å². The van der Waals surface area contributed by atoms with Gasteiger partial charge < -0.3 is 30.1 Å². The molecule has 122 valence electrons. The van der Waals surface area contributed by atoms with Crippen LogP contribution in [0.1, 0.15) is 12.5 Å². The molecule has 0 spiro atoms. The van der Waals surface area contributed by atoms with E-state index >= 15 is 0 Å². The normalized spacial score (nSPS) is 31.6. The highest BCUT2D eigenvalue weighted by atomic mass is 16.7. The highest BCUT2D eigenvalue weighted by Gasteiger charge is 2.46. The highest BCUT2D eigenvalue weighted by molar-refractivity contribution is 5.73. The summed E-state index contributed by atoms with van der Waals surface area (Å²) in [7, 11) is 0. The Hall–Kier alpha value is -1.67. The SMILES string of the molecule is CC(=O)N[C@@H]1[C@@H](Oc2ccc(C)cc2)O[C@@H](CO)[C@@H](O)[C@H]1O. The molecule has 0 aliphatic carbocycles. The molecule has 0 saturated carbocycles. The smallest absolute Gasteiger partial charge is 0.223 e. The van der Waals surface area contributed by atoms with Gasteiger partial charge in [-0.15, -0.1) is 0 Å². The first-order chi connectivity index (χ1) is 10.4. The maximum atomic E-state index is 11.3. The third-order valence-corrected chi connectivity index (χ3v) is 3.52. The van der Waals surface area contributed by atoms with Crippen LogP contribution in [0.3, 0.4) is 0 Å². The van der Waals surface area contributed by atoms with E-state index in [9.17, 15) is 20.1 Å². The third-order valence-electron chi connectivity index (χ3n) is 3.52. The van der Waals surface area contributed by atoms with E-state index in [1.807, 2.05) is 19.1 Å². The van der Waals surface area contributed by atoms with Gasteiger partial charge >= 0.3 is 0 Å². The molecule has 5 atom stereocenters. The van der Waals surface area contributed by atoms with Gasteiger partial charge in [0, 0.05) is 6.92 Å². The van der Waals surface area contributed by atoms with Gasteiger partial charge in [-0.2, -0.15) is 0 Å². The van der Waals surface area contributed by atoms with E-state index in [4.69, 9.17) is 9.47 Å². The largest absolute Gasteiger partial charge is 0.463 e. The zero-order chi connectivity index (χ0) is 16.3. The molecule has 1 fully saturated rings. The lowest BCUT2D eigenvalue weighted by Crippen LogP contribution is -2.65. The number of hydrogen-bond acceptors (Lipinski definition) is 6. The van der Waals surface area contributed by atoms with Crippen LogP contribution < -0.4 is 10.1 Å². The average Bonchev–Trinajstić information content (AvgIpc) is 2.48. The van der Waals surface area contributed by atoms with Crippen molar-refractivity contribution in [1.29, 1.82) is 0 Å². The van der Waals surface area contributed by atoms with Crippen LogP contribution in [0.25, 0.3) is 0 Å². The molecule has 1 heterocycles. The zero-order valence-electron chi connectivity index (χ0n) is 12.5. The van der Waals surface area contributed by atoms with Crippen LogP contribution >= 0.6 is 0 Å². The fourth-order valence-corrected chi connectivity index (χ4v) is 2.32. The molecular formula is C15H21NO6. The Balaban J connectivity index is 2.18. The second-order valence-electron chi connectivity index (χ2n) is 5.36. The number of rotatable bonds is 4. The van der Waals surface area contributed by atoms with Gasteiger partial charge in [0.2, 0.25) is 12.2 Å². The number of amides is 1. The van der Waals surface area contributed by atoms with E-state index < -0.39 is 37.3 Å². The van der Waals surface area contributed by atoms with E-state index in [1.165, 1.54) is 6.92 Å². The van der Waals surface area contributed by atoms with Gasteiger partial charge in [0.05, 0.1) is 6.61 Å². The molecule has 0 bridgehead atoms. The van der Waals surface area contributed by atoms with Crippen molar-refractivity contribution >= 4 is 5.91 Å². The Kier molecular flexibility index (Phi) is 5.36. The molecule has 0 unspecified atom stereocenters. The summed E-state index contributed by atoms with van der Waals surface area (Å²) in [6.07, 6.45) is -4.65. The molecule has 1 aliphatic rings. The fraction of sp³-hybridized carbons (Fsp3) is 0.533. The molecule has 22 heavy (non-hydrogen) atoms. The topological polar surface area (TPSA) is 108 Å². The zero-order valence-corrected chi connectivity index (χ0v) is 12.5. The highest BCUT2D eigenvalue weighted by Crippen LogP contribution is 2.24. The third kappa shape index (κ3) is 3.75. The number of nitrogens with one attached hydrogen (secondary N) is 1. The lowest BCUT2D eigenvalue weighted by molar-refractivity contribution is -0.244. The number of aliphatic hydroxyl groups excluding tert-OH is 3. The summed E-state index contributed by atoms with van der Waals surface area (Å²) in [4.78, 5) is 11.3. The molecule has 1 aliphatic heterocycles. The summed E-state index contributed by atoms with van der Waals surface area (Å²) in [6, 6.07) is 6.21. The molecule has 1 aromatic carbocycles. The Morgan fingerprint density at radius 3 is 2.45 bits per heavy atom. The standard InChI is InChI=1S/C15H21NO6/c1-8-3-5-10(6-4-8)21-15-12(16-9(2)18)14(20)13(19)11(7-17)22-15/h3-6,11-15,17,19-20H,7H2,1-2H3,(H,16,18)/t11-,12-,13+,14-,15-/m0/s1. The predicted molar refractivity (Wildman–Crippen MR) is 77.2 cm³/mol. The number of ether oxygens (including phenoxy) is 2. The van der Waals surface area contributed by atoms with Crippen LogP contribution in [-0.4, -0.2) is 58.5 Å². The number of hydrogen-bond donors (Lipinski definition) is 4. The van der Waals surface area contributed by atoms with Gasteiger partial charge in [-0.05, 0) is 19.1 Å². The van der Waals surface area contributed by atoms with Crippen molar-refractivity contribution in [1.82, 2.24) is 5.32 Å². The minimum Gasteiger partial charge on any atom is -0.463 e. The molecule has 7 heteroatoms. The lowest BCUT2D eigenvalue weighted by atomic mass is 9.97. The first kappa shape index (κ1) is 16.7. The number of carbonyl (C=O) groups excluding carboxylic acids is 1. The van der Waals surface area contributed by atoms with E-state index in [-0.39, 0.29) is 5.91 Å². The van der Waals surface area contributed by atoms with Crippen LogP contribution in [0.2, 0.25) is 0 Å². The number of aliphatic hydroxyl groups is 3. The first-order valence-corrected chi connectivity index (χ1v) is 7.05. The molecule has 7 nitrogen and oxygen atoms in total. The monoisotopic (exact) mass is 311 g/mol. The summed E-state index contributed by atoms with van der Waals surface area (Å²) in [5.41, 5.74) is 1.05. The summed E-state index contributed by atoms with van der Waals surface area (Å²) in [6.45, 7) is 2.75. The van der Waals surface area contributed by atoms with E-state index in [1.54, 1.807) is 12.1 Å². The van der Waals surface area contributed by atoms with Crippen molar-refractivity contribution in [3.05, 3.63) is 29.8 Å². The summed E-state index contributed by atoms with van der Waals surface area (Å²) >= 11 is 0. The van der Waals surface area contributed by atoms with Crippen LogP contribution in [0, 0.1) is 6.92 Å². The van der Waals surface area contributed by atoms with Crippen LogP contribution in [0.5, 0.6) is 5.75 Å². The molecule has 0 aromatic heterocycles. The number of benzene rings is 1. The van der Waals surface area contributed by atoms with Crippen LogP contribution in [0.4, 0.5) is 0 Å². The quantitative estimate of drug-likeness (QED) is 0.587. The summed E-state index contributed by atoms with van der Waals surface area (Å²) in [5.74, 6) is 0.103. The van der Waals surface area contributed by atoms with Crippen molar-refractivity contribution in [2.45, 2.75) is 44.5 Å². The summed E-state index contributed by atoms with van der Waals surface area (Å²) in [5, 5.41) is 31.8. The second-order valence-corrected chi connectivity index (χ2v) is 5.36. The molecule has 2 rings (SSSR count). The Labute approximate surface area is 128 Å². The van der Waals surface area contributed by atoms with Crippen molar-refractivity contribution in [3.63, 3.8) is 0 Å².